The average molecular weight is 209 g/mol. The molecule has 0 spiro atoms. The summed E-state index contributed by atoms with van der Waals surface area (Å²) in [4.78, 5) is 4.26. The zero-order chi connectivity index (χ0) is 10.7. The van der Waals surface area contributed by atoms with Gasteiger partial charge in [0.05, 0.1) is 12.1 Å². The lowest BCUT2D eigenvalue weighted by Crippen LogP contribution is -2.17. The lowest BCUT2D eigenvalue weighted by Gasteiger charge is -2.14. The maximum Gasteiger partial charge on any atom is 0.125 e. The topological polar surface area (TPSA) is 53.1 Å². The van der Waals surface area contributed by atoms with Gasteiger partial charge in [-0.3, -0.25) is 0 Å². The van der Waals surface area contributed by atoms with Crippen molar-refractivity contribution >= 4 is 0 Å². The second-order valence-corrected chi connectivity index (χ2v) is 4.22. The molecular weight excluding hydrogens is 190 g/mol. The van der Waals surface area contributed by atoms with Gasteiger partial charge in [0, 0.05) is 26.0 Å². The summed E-state index contributed by atoms with van der Waals surface area (Å²) in [7, 11) is 1.98. The number of nitrogens with zero attached hydrogens (tertiary/aromatic N) is 2. The molecule has 0 aliphatic carbocycles. The van der Waals surface area contributed by atoms with Gasteiger partial charge in [0.15, 0.2) is 0 Å². The van der Waals surface area contributed by atoms with Crippen LogP contribution in [0, 0.1) is 0 Å². The van der Waals surface area contributed by atoms with Crippen molar-refractivity contribution in [2.45, 2.75) is 37.8 Å². The average Bonchev–Trinajstić information content (AvgIpc) is 2.84. The molecule has 1 aromatic rings. The minimum atomic E-state index is 0.0363. The number of hydrogen-bond donors (Lipinski definition) is 1. The van der Waals surface area contributed by atoms with E-state index in [0.29, 0.717) is 6.10 Å². The molecule has 15 heavy (non-hydrogen) atoms. The number of nitrogens with two attached hydrogens (primary N) is 1. The first-order valence-electron chi connectivity index (χ1n) is 5.62. The van der Waals surface area contributed by atoms with Crippen molar-refractivity contribution < 1.29 is 4.74 Å². The highest BCUT2D eigenvalue weighted by Crippen LogP contribution is 2.21. The van der Waals surface area contributed by atoms with E-state index < -0.39 is 0 Å². The van der Waals surface area contributed by atoms with Crippen molar-refractivity contribution in [3.63, 3.8) is 0 Å². The van der Waals surface area contributed by atoms with Crippen molar-refractivity contribution in [3.8, 4) is 0 Å². The van der Waals surface area contributed by atoms with Gasteiger partial charge in [0.25, 0.3) is 0 Å². The fourth-order valence-electron chi connectivity index (χ4n) is 2.10. The summed E-state index contributed by atoms with van der Waals surface area (Å²) in [5, 5.41) is 0. The smallest absolute Gasteiger partial charge is 0.125 e. The van der Waals surface area contributed by atoms with Gasteiger partial charge < -0.3 is 15.0 Å². The third-order valence-electron chi connectivity index (χ3n) is 3.01. The Balaban J connectivity index is 1.81. The van der Waals surface area contributed by atoms with Gasteiger partial charge in [0.2, 0.25) is 0 Å². The second kappa shape index (κ2) is 4.77. The Kier molecular flexibility index (Phi) is 3.38. The van der Waals surface area contributed by atoms with Gasteiger partial charge in [-0.05, 0) is 25.7 Å². The van der Waals surface area contributed by atoms with Crippen LogP contribution in [0.1, 0.15) is 37.5 Å². The molecule has 0 saturated carbocycles. The summed E-state index contributed by atoms with van der Waals surface area (Å²) in [5.74, 6) is 0.966. The van der Waals surface area contributed by atoms with Crippen molar-refractivity contribution in [2.24, 2.45) is 12.8 Å². The summed E-state index contributed by atoms with van der Waals surface area (Å²) >= 11 is 0. The fraction of sp³-hybridized carbons (Fsp3) is 0.727. The van der Waals surface area contributed by atoms with Crippen molar-refractivity contribution in [3.05, 3.63) is 18.2 Å². The van der Waals surface area contributed by atoms with E-state index in [-0.39, 0.29) is 6.04 Å². The summed E-state index contributed by atoms with van der Waals surface area (Å²) in [5.41, 5.74) is 6.08. The SMILES string of the molecule is Cn1ccnc1C(N)CCC1CCCO1. The highest BCUT2D eigenvalue weighted by molar-refractivity contribution is 4.97. The highest BCUT2D eigenvalue weighted by atomic mass is 16.5. The van der Waals surface area contributed by atoms with Crippen molar-refractivity contribution in [1.82, 2.24) is 9.55 Å². The zero-order valence-corrected chi connectivity index (χ0v) is 9.22. The number of rotatable bonds is 4. The molecule has 2 rings (SSSR count). The minimum absolute atomic E-state index is 0.0363. The lowest BCUT2D eigenvalue weighted by molar-refractivity contribution is 0.100. The summed E-state index contributed by atoms with van der Waals surface area (Å²) in [6, 6.07) is 0.0363. The molecule has 84 valence electrons. The maximum atomic E-state index is 6.08. The Morgan fingerprint density at radius 3 is 3.20 bits per heavy atom. The number of aromatic nitrogens is 2. The Morgan fingerprint density at radius 2 is 2.60 bits per heavy atom. The third kappa shape index (κ3) is 2.58. The van der Waals surface area contributed by atoms with Crippen LogP contribution in [0.15, 0.2) is 12.4 Å². The van der Waals surface area contributed by atoms with E-state index in [4.69, 9.17) is 10.5 Å². The molecule has 0 aromatic carbocycles. The molecule has 2 heterocycles. The minimum Gasteiger partial charge on any atom is -0.378 e. The van der Waals surface area contributed by atoms with Crippen LogP contribution < -0.4 is 5.73 Å². The molecule has 0 radical (unpaired) electrons. The Labute approximate surface area is 90.4 Å². The molecule has 0 amide bonds. The molecule has 0 bridgehead atoms. The van der Waals surface area contributed by atoms with Gasteiger partial charge in [-0.15, -0.1) is 0 Å². The first-order chi connectivity index (χ1) is 7.27. The van der Waals surface area contributed by atoms with Crippen molar-refractivity contribution in [1.29, 1.82) is 0 Å². The fourth-order valence-corrected chi connectivity index (χ4v) is 2.10. The van der Waals surface area contributed by atoms with Gasteiger partial charge >= 0.3 is 0 Å². The second-order valence-electron chi connectivity index (χ2n) is 4.22. The molecule has 4 nitrogen and oxygen atoms in total. The Hall–Kier alpha value is -0.870. The van der Waals surface area contributed by atoms with E-state index in [9.17, 15) is 0 Å². The number of ether oxygens (including phenoxy) is 1. The van der Waals surface area contributed by atoms with E-state index in [1.807, 2.05) is 17.8 Å². The predicted octanol–water partition coefficient (Wildman–Crippen LogP) is 1.38. The molecular formula is C11H19N3O. The van der Waals surface area contributed by atoms with Crippen LogP contribution in [0.2, 0.25) is 0 Å². The molecule has 2 N–H and O–H groups in total. The molecule has 1 saturated heterocycles. The highest BCUT2D eigenvalue weighted by Gasteiger charge is 2.18. The lowest BCUT2D eigenvalue weighted by atomic mass is 10.1. The van der Waals surface area contributed by atoms with Crippen LogP contribution in [0.3, 0.4) is 0 Å². The summed E-state index contributed by atoms with van der Waals surface area (Å²) in [6.45, 7) is 0.919. The van der Waals surface area contributed by atoms with Gasteiger partial charge in [0.1, 0.15) is 5.82 Å². The Bertz CT molecular complexity index is 305. The number of aryl methyl sites for hydroxylation is 1. The molecule has 1 fully saturated rings. The van der Waals surface area contributed by atoms with E-state index >= 15 is 0 Å². The molecule has 2 atom stereocenters. The summed E-state index contributed by atoms with van der Waals surface area (Å²) in [6.07, 6.45) is 8.54. The maximum absolute atomic E-state index is 6.08. The Morgan fingerprint density at radius 1 is 1.73 bits per heavy atom. The first-order valence-corrected chi connectivity index (χ1v) is 5.62. The van der Waals surface area contributed by atoms with Crippen LogP contribution in [0.25, 0.3) is 0 Å². The largest absolute Gasteiger partial charge is 0.378 e. The van der Waals surface area contributed by atoms with E-state index in [1.165, 1.54) is 12.8 Å². The van der Waals surface area contributed by atoms with Crippen LogP contribution >= 0.6 is 0 Å². The molecule has 1 aliphatic heterocycles. The predicted molar refractivity (Wildman–Crippen MR) is 58.3 cm³/mol. The standard InChI is InChI=1S/C11H19N3O/c1-14-7-6-13-11(14)10(12)5-4-9-3-2-8-15-9/h6-7,9-10H,2-5,8,12H2,1H3. The van der Waals surface area contributed by atoms with E-state index in [2.05, 4.69) is 4.98 Å². The molecule has 1 aromatic heterocycles. The van der Waals surface area contributed by atoms with E-state index in [1.54, 1.807) is 6.20 Å². The zero-order valence-electron chi connectivity index (χ0n) is 9.22. The monoisotopic (exact) mass is 209 g/mol. The molecule has 1 aliphatic rings. The summed E-state index contributed by atoms with van der Waals surface area (Å²) < 4.78 is 7.55. The van der Waals surface area contributed by atoms with Crippen LogP contribution in [0.5, 0.6) is 0 Å². The van der Waals surface area contributed by atoms with Crippen molar-refractivity contribution in [2.75, 3.05) is 6.61 Å². The van der Waals surface area contributed by atoms with Crippen LogP contribution in [-0.2, 0) is 11.8 Å². The van der Waals surface area contributed by atoms with E-state index in [0.717, 1.165) is 25.3 Å². The number of hydrogen-bond acceptors (Lipinski definition) is 3. The number of imidazole rings is 1. The van der Waals surface area contributed by atoms with Crippen LogP contribution in [-0.4, -0.2) is 22.3 Å². The normalized spacial score (nSPS) is 23.2. The van der Waals surface area contributed by atoms with Crippen LogP contribution in [0.4, 0.5) is 0 Å². The first kappa shape index (κ1) is 10.6. The van der Waals surface area contributed by atoms with Gasteiger partial charge in [-0.1, -0.05) is 0 Å². The third-order valence-corrected chi connectivity index (χ3v) is 3.01. The quantitative estimate of drug-likeness (QED) is 0.815. The molecule has 2 unspecified atom stereocenters. The van der Waals surface area contributed by atoms with Gasteiger partial charge in [-0.25, -0.2) is 4.98 Å². The molecule has 4 heteroatoms. The van der Waals surface area contributed by atoms with Gasteiger partial charge in [-0.2, -0.15) is 0 Å².